The molecule has 6 heteroatoms. The zero-order valence-corrected chi connectivity index (χ0v) is 9.31. The van der Waals surface area contributed by atoms with Crippen molar-refractivity contribution >= 4 is 12.0 Å². The van der Waals surface area contributed by atoms with Crippen LogP contribution in [0.4, 0.5) is 4.39 Å². The quantitative estimate of drug-likeness (QED) is 0.634. The number of benzene rings is 1. The number of carboxylic acids is 1. The summed E-state index contributed by atoms with van der Waals surface area (Å²) in [6.07, 6.45) is 3.32. The third kappa shape index (κ3) is 1.76. The van der Waals surface area contributed by atoms with Crippen LogP contribution in [0.1, 0.15) is 35.2 Å². The topological polar surface area (TPSA) is 87.0 Å². The number of isocyanates is 1. The van der Waals surface area contributed by atoms with Gasteiger partial charge in [-0.3, -0.25) is 0 Å². The van der Waals surface area contributed by atoms with Crippen LogP contribution < -0.4 is 0 Å². The van der Waals surface area contributed by atoms with Gasteiger partial charge in [0.1, 0.15) is 5.56 Å². The van der Waals surface area contributed by atoms with E-state index in [1.54, 1.807) is 0 Å². The first-order valence-electron chi connectivity index (χ1n) is 5.35. The van der Waals surface area contributed by atoms with Crippen molar-refractivity contribution in [3.8, 4) is 5.75 Å². The Labute approximate surface area is 102 Å². The average molecular weight is 251 g/mol. The summed E-state index contributed by atoms with van der Waals surface area (Å²) in [6.45, 7) is 0. The number of halogens is 1. The Kier molecular flexibility index (Phi) is 2.88. The summed E-state index contributed by atoms with van der Waals surface area (Å²) in [5.41, 5.74) is -1.14. The monoisotopic (exact) mass is 251 g/mol. The third-order valence-corrected chi connectivity index (χ3v) is 3.27. The average Bonchev–Trinajstić information content (AvgIpc) is 2.26. The molecule has 0 saturated heterocycles. The van der Waals surface area contributed by atoms with E-state index in [-0.39, 0.29) is 5.56 Å². The van der Waals surface area contributed by atoms with Crippen molar-refractivity contribution in [2.24, 2.45) is 4.99 Å². The summed E-state index contributed by atoms with van der Waals surface area (Å²) < 4.78 is 13.5. The fourth-order valence-corrected chi connectivity index (χ4v) is 2.09. The van der Waals surface area contributed by atoms with E-state index in [1.165, 1.54) is 6.08 Å². The highest BCUT2D eigenvalue weighted by Crippen LogP contribution is 2.46. The number of rotatable bonds is 3. The lowest BCUT2D eigenvalue weighted by Gasteiger charge is -2.37. The smallest absolute Gasteiger partial charge is 0.339 e. The van der Waals surface area contributed by atoms with E-state index in [0.29, 0.717) is 12.8 Å². The molecule has 1 aliphatic carbocycles. The van der Waals surface area contributed by atoms with Crippen LogP contribution in [0, 0.1) is 5.82 Å². The van der Waals surface area contributed by atoms with Gasteiger partial charge >= 0.3 is 5.97 Å². The van der Waals surface area contributed by atoms with Crippen LogP contribution in [-0.2, 0) is 10.3 Å². The minimum absolute atomic E-state index is 0.282. The van der Waals surface area contributed by atoms with E-state index in [9.17, 15) is 19.1 Å². The number of aliphatic imine (C=N–C) groups is 1. The van der Waals surface area contributed by atoms with Crippen LogP contribution >= 0.6 is 0 Å². The molecule has 2 rings (SSSR count). The van der Waals surface area contributed by atoms with E-state index in [4.69, 9.17) is 5.11 Å². The molecule has 1 aromatic rings. The highest BCUT2D eigenvalue weighted by molar-refractivity contribution is 5.91. The van der Waals surface area contributed by atoms with Gasteiger partial charge in [0.05, 0.1) is 5.54 Å². The summed E-state index contributed by atoms with van der Waals surface area (Å²) >= 11 is 0. The first-order chi connectivity index (χ1) is 8.50. The molecule has 0 aliphatic heterocycles. The molecular formula is C12H10FNO4. The van der Waals surface area contributed by atoms with E-state index in [2.05, 4.69) is 4.99 Å². The zero-order valence-electron chi connectivity index (χ0n) is 9.31. The van der Waals surface area contributed by atoms with Gasteiger partial charge in [-0.05, 0) is 37.0 Å². The molecule has 0 heterocycles. The van der Waals surface area contributed by atoms with Crippen LogP contribution in [-0.4, -0.2) is 22.3 Å². The minimum Gasteiger partial charge on any atom is -0.504 e. The zero-order chi connectivity index (χ0) is 13.3. The number of hydrogen-bond acceptors (Lipinski definition) is 4. The molecular weight excluding hydrogens is 241 g/mol. The van der Waals surface area contributed by atoms with Crippen molar-refractivity contribution in [2.45, 2.75) is 24.8 Å². The molecule has 5 nitrogen and oxygen atoms in total. The van der Waals surface area contributed by atoms with Gasteiger partial charge in [-0.25, -0.2) is 14.0 Å². The normalized spacial score (nSPS) is 16.5. The van der Waals surface area contributed by atoms with Gasteiger partial charge in [-0.2, -0.15) is 4.99 Å². The molecule has 0 spiro atoms. The Morgan fingerprint density at radius 3 is 2.56 bits per heavy atom. The lowest BCUT2D eigenvalue weighted by molar-refractivity contribution is 0.0692. The van der Waals surface area contributed by atoms with Gasteiger partial charge in [0.2, 0.25) is 6.08 Å². The van der Waals surface area contributed by atoms with Gasteiger partial charge in [-0.1, -0.05) is 0 Å². The predicted molar refractivity (Wildman–Crippen MR) is 58.7 cm³/mol. The van der Waals surface area contributed by atoms with Crippen molar-refractivity contribution in [1.82, 2.24) is 0 Å². The molecule has 0 aromatic heterocycles. The van der Waals surface area contributed by atoms with E-state index < -0.39 is 28.6 Å². The number of phenols is 1. The Morgan fingerprint density at radius 2 is 2.11 bits per heavy atom. The SMILES string of the molecule is O=C=NC1(c2cc(F)c(O)c(C(=O)O)c2)CCC1. The van der Waals surface area contributed by atoms with Crippen LogP contribution in [0.5, 0.6) is 5.75 Å². The fourth-order valence-electron chi connectivity index (χ4n) is 2.09. The maximum Gasteiger partial charge on any atom is 0.339 e. The first kappa shape index (κ1) is 12.3. The Morgan fingerprint density at radius 1 is 1.44 bits per heavy atom. The first-order valence-corrected chi connectivity index (χ1v) is 5.35. The number of carboxylic acid groups (broad SMARTS) is 1. The molecule has 0 radical (unpaired) electrons. The van der Waals surface area contributed by atoms with E-state index >= 15 is 0 Å². The number of carbonyl (C=O) groups excluding carboxylic acids is 1. The lowest BCUT2D eigenvalue weighted by Crippen LogP contribution is -2.32. The molecule has 1 fully saturated rings. The fraction of sp³-hybridized carbons (Fsp3) is 0.333. The highest BCUT2D eigenvalue weighted by Gasteiger charge is 2.40. The molecule has 1 saturated carbocycles. The van der Waals surface area contributed by atoms with Gasteiger partial charge < -0.3 is 10.2 Å². The molecule has 2 N–H and O–H groups in total. The van der Waals surface area contributed by atoms with Gasteiger partial charge in [-0.15, -0.1) is 0 Å². The Hall–Kier alpha value is -2.20. The third-order valence-electron chi connectivity index (χ3n) is 3.27. The lowest BCUT2D eigenvalue weighted by atomic mass is 9.72. The Balaban J connectivity index is 2.58. The molecule has 94 valence electrons. The van der Waals surface area contributed by atoms with E-state index in [1.807, 2.05) is 0 Å². The van der Waals surface area contributed by atoms with Gasteiger partial charge in [0.25, 0.3) is 0 Å². The van der Waals surface area contributed by atoms with Crippen LogP contribution in [0.15, 0.2) is 17.1 Å². The summed E-state index contributed by atoms with van der Waals surface area (Å²) in [4.78, 5) is 24.9. The second-order valence-corrected chi connectivity index (χ2v) is 4.25. The molecule has 1 aliphatic rings. The maximum atomic E-state index is 13.5. The summed E-state index contributed by atoms with van der Waals surface area (Å²) in [5.74, 6) is -3.37. The van der Waals surface area contributed by atoms with Crippen molar-refractivity contribution < 1.29 is 24.2 Å². The van der Waals surface area contributed by atoms with Gasteiger partial charge in [0, 0.05) is 0 Å². The molecule has 18 heavy (non-hydrogen) atoms. The maximum absolute atomic E-state index is 13.5. The molecule has 0 bridgehead atoms. The van der Waals surface area contributed by atoms with Crippen LogP contribution in [0.2, 0.25) is 0 Å². The Bertz CT molecular complexity index is 559. The number of aromatic hydroxyl groups is 1. The van der Waals surface area contributed by atoms with Gasteiger partial charge in [0.15, 0.2) is 11.6 Å². The van der Waals surface area contributed by atoms with Crippen LogP contribution in [0.3, 0.4) is 0 Å². The molecule has 1 aromatic carbocycles. The standard InChI is InChI=1S/C12H10FNO4/c13-9-5-7(4-8(10(9)16)11(17)18)12(14-6-15)2-1-3-12/h4-5,16H,1-3H2,(H,17,18). The van der Waals surface area contributed by atoms with Crippen molar-refractivity contribution in [3.63, 3.8) is 0 Å². The summed E-state index contributed by atoms with van der Waals surface area (Å²) in [6, 6.07) is 2.17. The van der Waals surface area contributed by atoms with E-state index in [0.717, 1.165) is 18.6 Å². The minimum atomic E-state index is -1.43. The second-order valence-electron chi connectivity index (χ2n) is 4.25. The number of aromatic carboxylic acids is 1. The van der Waals surface area contributed by atoms with Crippen molar-refractivity contribution in [3.05, 3.63) is 29.1 Å². The second kappa shape index (κ2) is 4.23. The summed E-state index contributed by atoms with van der Waals surface area (Å²) in [7, 11) is 0. The number of carbonyl (C=O) groups is 1. The predicted octanol–water partition coefficient (Wildman–Crippen LogP) is 1.94. The van der Waals surface area contributed by atoms with Crippen LogP contribution in [0.25, 0.3) is 0 Å². The highest BCUT2D eigenvalue weighted by atomic mass is 19.1. The van der Waals surface area contributed by atoms with Crippen molar-refractivity contribution in [2.75, 3.05) is 0 Å². The van der Waals surface area contributed by atoms with Crippen molar-refractivity contribution in [1.29, 1.82) is 0 Å². The molecule has 0 atom stereocenters. The number of nitrogens with zero attached hydrogens (tertiary/aromatic N) is 1. The summed E-state index contributed by atoms with van der Waals surface area (Å²) in [5, 5.41) is 18.2. The molecule has 0 unspecified atom stereocenters. The largest absolute Gasteiger partial charge is 0.504 e. The molecule has 0 amide bonds. The number of hydrogen-bond donors (Lipinski definition) is 2.